The highest BCUT2D eigenvalue weighted by Gasteiger charge is 2.57. The summed E-state index contributed by atoms with van der Waals surface area (Å²) in [4.78, 5) is 39.2. The van der Waals surface area contributed by atoms with Crippen LogP contribution in [-0.4, -0.2) is 51.8 Å². The summed E-state index contributed by atoms with van der Waals surface area (Å²) >= 11 is 0. The van der Waals surface area contributed by atoms with E-state index < -0.39 is 49.2 Å². The number of hydrogen-bond acceptors (Lipinski definition) is 4. The number of amides is 2. The van der Waals surface area contributed by atoms with Gasteiger partial charge in [-0.3, -0.25) is 14.4 Å². The Kier molecular flexibility index (Phi) is 5.57. The van der Waals surface area contributed by atoms with Crippen molar-refractivity contribution < 1.29 is 27.9 Å². The van der Waals surface area contributed by atoms with Crippen molar-refractivity contribution in [3.8, 4) is 0 Å². The average molecular weight is 413 g/mol. The zero-order chi connectivity index (χ0) is 21.5. The number of aliphatic hydroxyl groups is 1. The SMILES string of the molecule is C/C=C\c1ccc2n(c1=O)C[C@H]1[C@H](CO)[C@@H](C(=O)NCC(F)(F)F)[C@@H]2N1C(C)=O. The van der Waals surface area contributed by atoms with E-state index in [4.69, 9.17) is 0 Å². The van der Waals surface area contributed by atoms with Crippen molar-refractivity contribution in [1.82, 2.24) is 14.8 Å². The van der Waals surface area contributed by atoms with Gasteiger partial charge in [0.05, 0.1) is 18.0 Å². The summed E-state index contributed by atoms with van der Waals surface area (Å²) in [5.41, 5.74) is 0.482. The summed E-state index contributed by atoms with van der Waals surface area (Å²) in [5, 5.41) is 11.8. The minimum Gasteiger partial charge on any atom is -0.396 e. The first kappa shape index (κ1) is 21.1. The molecule has 2 bridgehead atoms. The van der Waals surface area contributed by atoms with Crippen molar-refractivity contribution in [2.75, 3.05) is 13.2 Å². The number of nitrogens with one attached hydrogen (secondary N) is 1. The van der Waals surface area contributed by atoms with Crippen LogP contribution in [0.25, 0.3) is 6.08 Å². The maximum Gasteiger partial charge on any atom is 0.405 e. The molecule has 10 heteroatoms. The summed E-state index contributed by atoms with van der Waals surface area (Å²) in [6.45, 7) is 1.11. The highest BCUT2D eigenvalue weighted by Crippen LogP contribution is 2.48. The molecule has 3 heterocycles. The third-order valence-electron chi connectivity index (χ3n) is 5.55. The summed E-state index contributed by atoms with van der Waals surface area (Å²) in [6, 6.07) is 1.57. The molecule has 4 atom stereocenters. The average Bonchev–Trinajstić information content (AvgIpc) is 2.89. The second-order valence-electron chi connectivity index (χ2n) is 7.27. The summed E-state index contributed by atoms with van der Waals surface area (Å²) in [5.74, 6) is -3.17. The highest BCUT2D eigenvalue weighted by molar-refractivity contribution is 5.83. The molecule has 0 saturated carbocycles. The molecule has 3 rings (SSSR count). The zero-order valence-corrected chi connectivity index (χ0v) is 15.9. The van der Waals surface area contributed by atoms with Crippen molar-refractivity contribution in [1.29, 1.82) is 0 Å². The maximum atomic E-state index is 12.8. The lowest BCUT2D eigenvalue weighted by Crippen LogP contribution is -2.48. The number of fused-ring (bicyclic) bond motifs is 4. The third kappa shape index (κ3) is 3.68. The van der Waals surface area contributed by atoms with Crippen molar-refractivity contribution >= 4 is 17.9 Å². The molecule has 2 aliphatic heterocycles. The first-order valence-corrected chi connectivity index (χ1v) is 9.21. The zero-order valence-electron chi connectivity index (χ0n) is 15.9. The maximum absolute atomic E-state index is 12.8. The van der Waals surface area contributed by atoms with Crippen molar-refractivity contribution in [3.05, 3.63) is 39.8 Å². The molecular weight excluding hydrogens is 391 g/mol. The van der Waals surface area contributed by atoms with Gasteiger partial charge in [-0.15, -0.1) is 0 Å². The van der Waals surface area contributed by atoms with Crippen LogP contribution in [0.2, 0.25) is 0 Å². The summed E-state index contributed by atoms with van der Waals surface area (Å²) in [7, 11) is 0. The molecule has 158 valence electrons. The fourth-order valence-corrected chi connectivity index (χ4v) is 4.47. The van der Waals surface area contributed by atoms with E-state index in [0.29, 0.717) is 11.3 Å². The van der Waals surface area contributed by atoms with Crippen LogP contribution in [0.5, 0.6) is 0 Å². The summed E-state index contributed by atoms with van der Waals surface area (Å²) < 4.78 is 39.2. The number of pyridine rings is 1. The van der Waals surface area contributed by atoms with Crippen LogP contribution in [0.3, 0.4) is 0 Å². The van der Waals surface area contributed by atoms with E-state index in [2.05, 4.69) is 0 Å². The van der Waals surface area contributed by atoms with E-state index in [1.54, 1.807) is 31.2 Å². The van der Waals surface area contributed by atoms with Gasteiger partial charge in [-0.2, -0.15) is 13.2 Å². The molecule has 1 aromatic rings. The molecule has 2 N–H and O–H groups in total. The molecule has 0 aromatic carbocycles. The predicted molar refractivity (Wildman–Crippen MR) is 97.6 cm³/mol. The Morgan fingerprint density at radius 3 is 2.59 bits per heavy atom. The minimum absolute atomic E-state index is 0.0594. The first-order valence-electron chi connectivity index (χ1n) is 9.21. The van der Waals surface area contributed by atoms with Gasteiger partial charge >= 0.3 is 6.18 Å². The molecule has 0 aliphatic carbocycles. The van der Waals surface area contributed by atoms with Gasteiger partial charge in [-0.25, -0.2) is 0 Å². The van der Waals surface area contributed by atoms with E-state index in [-0.39, 0.29) is 18.0 Å². The van der Waals surface area contributed by atoms with Crippen LogP contribution in [0.1, 0.15) is 31.1 Å². The number of allylic oxidation sites excluding steroid dienone is 1. The number of halogens is 3. The summed E-state index contributed by atoms with van der Waals surface area (Å²) in [6.07, 6.45) is -1.26. The van der Waals surface area contributed by atoms with E-state index >= 15 is 0 Å². The van der Waals surface area contributed by atoms with E-state index in [9.17, 15) is 32.7 Å². The number of carbonyl (C=O) groups excluding carboxylic acids is 2. The standard InChI is InChI=1S/C19H22F3N3O4/c1-3-4-11-5-6-13-16-15(17(28)23-9-19(20,21)22)12(8-26)14(25(16)10(2)27)7-24(13)18(11)29/h3-6,12,14-16,26H,7-9H2,1-2H3,(H,23,28)/b4-3-/t12-,14-,15+,16+/m0/s1. The first-order chi connectivity index (χ1) is 13.6. The van der Waals surface area contributed by atoms with Crippen molar-refractivity contribution in [2.24, 2.45) is 11.8 Å². The van der Waals surface area contributed by atoms with Gasteiger partial charge in [0.1, 0.15) is 6.54 Å². The van der Waals surface area contributed by atoms with Crippen LogP contribution in [-0.2, 0) is 16.1 Å². The van der Waals surface area contributed by atoms with Crippen LogP contribution in [0.15, 0.2) is 23.0 Å². The van der Waals surface area contributed by atoms with Gasteiger partial charge in [0.15, 0.2) is 0 Å². The molecule has 1 saturated heterocycles. The molecule has 2 amide bonds. The molecule has 0 radical (unpaired) electrons. The Balaban J connectivity index is 2.09. The number of carbonyl (C=O) groups is 2. The monoisotopic (exact) mass is 413 g/mol. The Labute approximate surface area is 164 Å². The second-order valence-corrected chi connectivity index (χ2v) is 7.27. The number of hydrogen-bond donors (Lipinski definition) is 2. The van der Waals surface area contributed by atoms with E-state index in [0.717, 1.165) is 0 Å². The largest absolute Gasteiger partial charge is 0.405 e. The van der Waals surface area contributed by atoms with Gasteiger partial charge in [0.2, 0.25) is 11.8 Å². The Bertz CT molecular complexity index is 909. The quantitative estimate of drug-likeness (QED) is 0.773. The Morgan fingerprint density at radius 2 is 2.03 bits per heavy atom. The molecule has 1 fully saturated rings. The van der Waals surface area contributed by atoms with Gasteiger partial charge in [-0.05, 0) is 19.1 Å². The smallest absolute Gasteiger partial charge is 0.396 e. The lowest BCUT2D eigenvalue weighted by atomic mass is 9.86. The fourth-order valence-electron chi connectivity index (χ4n) is 4.47. The lowest BCUT2D eigenvalue weighted by molar-refractivity contribution is -0.143. The molecule has 0 spiro atoms. The number of aliphatic hydroxyl groups excluding tert-OH is 1. The predicted octanol–water partition coefficient (Wildman–Crippen LogP) is 1.07. The minimum atomic E-state index is -4.59. The van der Waals surface area contributed by atoms with Crippen LogP contribution in [0, 0.1) is 11.8 Å². The van der Waals surface area contributed by atoms with Crippen molar-refractivity contribution in [3.63, 3.8) is 0 Å². The molecule has 1 aromatic heterocycles. The van der Waals surface area contributed by atoms with Crippen LogP contribution >= 0.6 is 0 Å². The topological polar surface area (TPSA) is 91.6 Å². The van der Waals surface area contributed by atoms with Crippen molar-refractivity contribution in [2.45, 2.75) is 38.7 Å². The van der Waals surface area contributed by atoms with Gasteiger partial charge in [-0.1, -0.05) is 12.2 Å². The lowest BCUT2D eigenvalue weighted by Gasteiger charge is -2.37. The van der Waals surface area contributed by atoms with Gasteiger partial charge in [0.25, 0.3) is 5.56 Å². The van der Waals surface area contributed by atoms with E-state index in [1.165, 1.54) is 16.4 Å². The number of alkyl halides is 3. The molecule has 2 aliphatic rings. The third-order valence-corrected chi connectivity index (χ3v) is 5.55. The second kappa shape index (κ2) is 7.66. The fraction of sp³-hybridized carbons (Fsp3) is 0.526. The van der Waals surface area contributed by atoms with Crippen LogP contribution in [0.4, 0.5) is 13.2 Å². The molecular formula is C19H22F3N3O4. The normalized spacial score (nSPS) is 25.9. The van der Waals surface area contributed by atoms with E-state index in [1.807, 2.05) is 5.32 Å². The molecule has 29 heavy (non-hydrogen) atoms. The Hall–Kier alpha value is -2.62. The molecule has 7 nitrogen and oxygen atoms in total. The van der Waals surface area contributed by atoms with Gasteiger partial charge < -0.3 is 19.9 Å². The highest BCUT2D eigenvalue weighted by atomic mass is 19.4. The van der Waals surface area contributed by atoms with Gasteiger partial charge in [0, 0.05) is 37.3 Å². The Morgan fingerprint density at radius 1 is 1.34 bits per heavy atom. The number of aromatic nitrogens is 1. The number of rotatable bonds is 4. The number of nitrogens with zero attached hydrogens (tertiary/aromatic N) is 2. The van der Waals surface area contributed by atoms with Crippen LogP contribution < -0.4 is 10.9 Å². The molecule has 0 unspecified atom stereocenters.